The second-order valence-electron chi connectivity index (χ2n) is 10.4. The van der Waals surface area contributed by atoms with E-state index < -0.39 is 53.5 Å². The van der Waals surface area contributed by atoms with Gasteiger partial charge in [-0.15, -0.1) is 0 Å². The molecule has 0 heterocycles. The van der Waals surface area contributed by atoms with Crippen molar-refractivity contribution in [3.05, 3.63) is 42.0 Å². The highest BCUT2D eigenvalue weighted by Crippen LogP contribution is 2.25. The number of primary amides is 1. The van der Waals surface area contributed by atoms with Crippen molar-refractivity contribution in [2.75, 3.05) is 6.54 Å². The number of amides is 4. The first kappa shape index (κ1) is 29.7. The molecule has 0 saturated carbocycles. The maximum atomic E-state index is 13.8. The van der Waals surface area contributed by atoms with E-state index in [9.17, 15) is 19.2 Å². The fourth-order valence-corrected chi connectivity index (χ4v) is 3.43. The van der Waals surface area contributed by atoms with Crippen molar-refractivity contribution in [3.8, 4) is 0 Å². The molecule has 0 aromatic heterocycles. The van der Waals surface area contributed by atoms with Crippen molar-refractivity contribution in [1.82, 2.24) is 15.5 Å². The first-order valence-corrected chi connectivity index (χ1v) is 11.7. The number of carbonyl (C=O) groups is 4. The molecular formula is C26H40N4O5. The lowest BCUT2D eigenvalue weighted by Crippen LogP contribution is -2.55. The van der Waals surface area contributed by atoms with Gasteiger partial charge < -0.3 is 26.0 Å². The van der Waals surface area contributed by atoms with Crippen LogP contribution in [0.2, 0.25) is 0 Å². The van der Waals surface area contributed by atoms with Crippen LogP contribution in [-0.4, -0.2) is 52.4 Å². The minimum absolute atomic E-state index is 0.199. The van der Waals surface area contributed by atoms with E-state index in [1.54, 1.807) is 45.0 Å². The van der Waals surface area contributed by atoms with Gasteiger partial charge in [0.1, 0.15) is 17.7 Å². The molecule has 2 atom stereocenters. The topological polar surface area (TPSA) is 131 Å². The summed E-state index contributed by atoms with van der Waals surface area (Å²) in [5.74, 6) is -1.79. The Bertz CT molecular complexity index is 930. The molecule has 194 valence electrons. The summed E-state index contributed by atoms with van der Waals surface area (Å²) in [7, 11) is 0. The summed E-state index contributed by atoms with van der Waals surface area (Å²) >= 11 is 0. The molecule has 4 amide bonds. The third kappa shape index (κ3) is 10.2. The Labute approximate surface area is 208 Å². The zero-order chi connectivity index (χ0) is 27.0. The summed E-state index contributed by atoms with van der Waals surface area (Å²) in [6.07, 6.45) is 0.868. The van der Waals surface area contributed by atoms with E-state index >= 15 is 0 Å². The number of ether oxygens (including phenoxy) is 1. The molecule has 1 aromatic carbocycles. The van der Waals surface area contributed by atoms with Crippen molar-refractivity contribution in [2.45, 2.75) is 84.5 Å². The van der Waals surface area contributed by atoms with E-state index in [1.807, 2.05) is 33.8 Å². The molecule has 4 N–H and O–H groups in total. The van der Waals surface area contributed by atoms with Gasteiger partial charge in [-0.3, -0.25) is 14.4 Å². The number of hydrogen-bond acceptors (Lipinski definition) is 5. The van der Waals surface area contributed by atoms with Crippen LogP contribution in [0, 0.1) is 0 Å². The Balaban J connectivity index is 3.52. The number of alkyl carbamates (subject to hydrolysis) is 1. The van der Waals surface area contributed by atoms with Crippen LogP contribution in [0.5, 0.6) is 0 Å². The van der Waals surface area contributed by atoms with Crippen LogP contribution in [0.15, 0.2) is 30.8 Å². The summed E-state index contributed by atoms with van der Waals surface area (Å²) in [6, 6.07) is 4.82. The van der Waals surface area contributed by atoms with Crippen molar-refractivity contribution >= 4 is 29.9 Å². The normalized spacial score (nSPS) is 13.2. The van der Waals surface area contributed by atoms with Crippen LogP contribution < -0.4 is 16.4 Å². The SMILES string of the molecule is C=Cc1cccc(C(C(=O)NC(C)(C)C)N(CCC)C(=O)C(CC(N)=O)NC(=O)OC(C)(C)C)c1. The zero-order valence-electron chi connectivity index (χ0n) is 21.9. The number of carbonyl (C=O) groups excluding carboxylic acids is 4. The minimum Gasteiger partial charge on any atom is -0.444 e. The van der Waals surface area contributed by atoms with Crippen LogP contribution in [-0.2, 0) is 19.1 Å². The molecule has 0 radical (unpaired) electrons. The maximum absolute atomic E-state index is 13.8. The third-order valence-corrected chi connectivity index (χ3v) is 4.66. The van der Waals surface area contributed by atoms with Gasteiger partial charge in [0, 0.05) is 12.1 Å². The standard InChI is InChI=1S/C26H40N4O5/c1-9-14-30(23(33)19(16-20(27)31)28-24(34)35-26(6,7)8)21(22(32)29-25(3,4)5)18-13-11-12-17(10-2)15-18/h10-13,15,19,21H,2,9,14,16H2,1,3-8H3,(H2,27,31)(H,28,34)(H,29,32). The molecule has 0 aliphatic carbocycles. The molecule has 0 fully saturated rings. The lowest BCUT2D eigenvalue weighted by atomic mass is 9.98. The number of nitrogens with two attached hydrogens (primary N) is 1. The summed E-state index contributed by atoms with van der Waals surface area (Å²) in [6.45, 7) is 16.4. The smallest absolute Gasteiger partial charge is 0.408 e. The highest BCUT2D eigenvalue weighted by molar-refractivity contribution is 5.94. The van der Waals surface area contributed by atoms with Crippen LogP contribution in [0.25, 0.3) is 6.08 Å². The second kappa shape index (κ2) is 12.4. The maximum Gasteiger partial charge on any atom is 0.408 e. The molecule has 0 aliphatic heterocycles. The molecule has 0 bridgehead atoms. The van der Waals surface area contributed by atoms with Gasteiger partial charge in [0.05, 0.1) is 6.42 Å². The Kier molecular flexibility index (Phi) is 10.5. The molecule has 9 heteroatoms. The summed E-state index contributed by atoms with van der Waals surface area (Å²) in [5.41, 5.74) is 5.36. The predicted octanol–water partition coefficient (Wildman–Crippen LogP) is 3.29. The number of benzene rings is 1. The molecule has 0 saturated heterocycles. The van der Waals surface area contributed by atoms with Gasteiger partial charge in [0.2, 0.25) is 17.7 Å². The second-order valence-corrected chi connectivity index (χ2v) is 10.4. The molecular weight excluding hydrogens is 448 g/mol. The number of rotatable bonds is 10. The first-order chi connectivity index (χ1) is 16.1. The minimum atomic E-state index is -1.30. The van der Waals surface area contributed by atoms with E-state index in [1.165, 1.54) is 4.90 Å². The van der Waals surface area contributed by atoms with Gasteiger partial charge >= 0.3 is 6.09 Å². The van der Waals surface area contributed by atoms with Gasteiger partial charge in [-0.05, 0) is 65.2 Å². The molecule has 9 nitrogen and oxygen atoms in total. The van der Waals surface area contributed by atoms with Crippen molar-refractivity contribution in [3.63, 3.8) is 0 Å². The Morgan fingerprint density at radius 1 is 1.14 bits per heavy atom. The van der Waals surface area contributed by atoms with Gasteiger partial charge in [0.15, 0.2) is 0 Å². The molecule has 2 unspecified atom stereocenters. The van der Waals surface area contributed by atoms with Crippen molar-refractivity contribution in [1.29, 1.82) is 0 Å². The van der Waals surface area contributed by atoms with E-state index in [0.29, 0.717) is 12.0 Å². The largest absolute Gasteiger partial charge is 0.444 e. The van der Waals surface area contributed by atoms with Crippen molar-refractivity contribution < 1.29 is 23.9 Å². The summed E-state index contributed by atoms with van der Waals surface area (Å²) in [5, 5.41) is 5.40. The Morgan fingerprint density at radius 3 is 2.26 bits per heavy atom. The van der Waals surface area contributed by atoms with Gasteiger partial charge in [-0.1, -0.05) is 37.8 Å². The number of hydrogen-bond donors (Lipinski definition) is 3. The van der Waals surface area contributed by atoms with Gasteiger partial charge in [0.25, 0.3) is 0 Å². The highest BCUT2D eigenvalue weighted by atomic mass is 16.6. The summed E-state index contributed by atoms with van der Waals surface area (Å²) < 4.78 is 5.27. The lowest BCUT2D eigenvalue weighted by Gasteiger charge is -2.35. The van der Waals surface area contributed by atoms with Crippen LogP contribution in [0.3, 0.4) is 0 Å². The predicted molar refractivity (Wildman–Crippen MR) is 136 cm³/mol. The Hall–Kier alpha value is -3.36. The molecule has 1 aromatic rings. The molecule has 0 spiro atoms. The average Bonchev–Trinajstić information content (AvgIpc) is 2.69. The zero-order valence-corrected chi connectivity index (χ0v) is 21.9. The van der Waals surface area contributed by atoms with Crippen LogP contribution in [0.4, 0.5) is 4.79 Å². The van der Waals surface area contributed by atoms with Gasteiger partial charge in [-0.2, -0.15) is 0 Å². The third-order valence-electron chi connectivity index (χ3n) is 4.66. The number of nitrogens with one attached hydrogen (secondary N) is 2. The van der Waals surface area contributed by atoms with E-state index in [0.717, 1.165) is 5.56 Å². The quantitative estimate of drug-likeness (QED) is 0.465. The Morgan fingerprint density at radius 2 is 1.77 bits per heavy atom. The monoisotopic (exact) mass is 488 g/mol. The number of nitrogens with zero attached hydrogens (tertiary/aromatic N) is 1. The average molecular weight is 489 g/mol. The fraction of sp³-hybridized carbons (Fsp3) is 0.538. The lowest BCUT2D eigenvalue weighted by molar-refractivity contribution is -0.144. The highest BCUT2D eigenvalue weighted by Gasteiger charge is 2.37. The molecule has 35 heavy (non-hydrogen) atoms. The van der Waals surface area contributed by atoms with Gasteiger partial charge in [-0.25, -0.2) is 4.79 Å². The molecule has 1 rings (SSSR count). The van der Waals surface area contributed by atoms with E-state index in [-0.39, 0.29) is 6.54 Å². The van der Waals surface area contributed by atoms with Crippen molar-refractivity contribution in [2.24, 2.45) is 5.73 Å². The first-order valence-electron chi connectivity index (χ1n) is 11.7. The van der Waals surface area contributed by atoms with E-state index in [4.69, 9.17) is 10.5 Å². The fourth-order valence-electron chi connectivity index (χ4n) is 3.43. The van der Waals surface area contributed by atoms with Crippen LogP contribution in [0.1, 0.15) is 78.5 Å². The summed E-state index contributed by atoms with van der Waals surface area (Å²) in [4.78, 5) is 52.8. The van der Waals surface area contributed by atoms with Crippen LogP contribution >= 0.6 is 0 Å². The molecule has 0 aliphatic rings. The van der Waals surface area contributed by atoms with E-state index in [2.05, 4.69) is 17.2 Å².